The van der Waals surface area contributed by atoms with Crippen molar-refractivity contribution in [3.8, 4) is 11.1 Å². The molecule has 3 atom stereocenters. The van der Waals surface area contributed by atoms with E-state index in [4.69, 9.17) is 4.74 Å². The number of fused-ring (bicyclic) bond motifs is 1. The summed E-state index contributed by atoms with van der Waals surface area (Å²) in [5.74, 6) is 1.11. The lowest BCUT2D eigenvalue weighted by Crippen LogP contribution is -2.67. The molecule has 2 aromatic carbocycles. The Balaban J connectivity index is 1.32. The molecular weight excluding hydrogens is 450 g/mol. The highest BCUT2D eigenvalue weighted by Crippen LogP contribution is 2.42. The molecule has 3 aliphatic heterocycles. The maximum absolute atomic E-state index is 12.4. The lowest BCUT2D eigenvalue weighted by atomic mass is 9.74. The van der Waals surface area contributed by atoms with Gasteiger partial charge in [-0.15, -0.1) is 0 Å². The zero-order chi connectivity index (χ0) is 25.1. The highest BCUT2D eigenvalue weighted by Gasteiger charge is 2.49. The van der Waals surface area contributed by atoms with Crippen molar-refractivity contribution in [1.29, 1.82) is 0 Å². The Morgan fingerprint density at radius 3 is 2.50 bits per heavy atom. The largest absolute Gasteiger partial charge is 0.395 e. The lowest BCUT2D eigenvalue weighted by Gasteiger charge is -2.57. The van der Waals surface area contributed by atoms with E-state index in [1.807, 2.05) is 18.2 Å². The Labute approximate surface area is 215 Å². The third-order valence-corrected chi connectivity index (χ3v) is 8.46. The first-order chi connectivity index (χ1) is 17.5. The Bertz CT molecular complexity index is 1020. The number of aliphatic hydroxyl groups excluding tert-OH is 1. The van der Waals surface area contributed by atoms with Gasteiger partial charge in [0.15, 0.2) is 0 Å². The van der Waals surface area contributed by atoms with Gasteiger partial charge in [-0.1, -0.05) is 36.4 Å². The van der Waals surface area contributed by atoms with Gasteiger partial charge in [0.05, 0.1) is 6.61 Å². The van der Waals surface area contributed by atoms with E-state index in [1.165, 1.54) is 44.3 Å². The summed E-state index contributed by atoms with van der Waals surface area (Å²) < 4.78 is 5.58. The SMILES string of the molecule is CN(C)C(=O)c1cccc(-c2ccc([C@H]3[C@@H](CO)N4CCCCN(CC5CCOCC5)C[C@H]34)cc2)c1. The van der Waals surface area contributed by atoms with Crippen LogP contribution in [0.2, 0.25) is 0 Å². The zero-order valence-electron chi connectivity index (χ0n) is 21.8. The predicted octanol–water partition coefficient (Wildman–Crippen LogP) is 3.71. The predicted molar refractivity (Wildman–Crippen MR) is 143 cm³/mol. The molecule has 0 unspecified atom stereocenters. The van der Waals surface area contributed by atoms with E-state index in [-0.39, 0.29) is 18.6 Å². The van der Waals surface area contributed by atoms with Crippen LogP contribution in [0.1, 0.15) is 47.5 Å². The Morgan fingerprint density at radius 2 is 1.78 bits per heavy atom. The molecule has 0 radical (unpaired) electrons. The normalized spacial score (nSPS) is 25.9. The fraction of sp³-hybridized carbons (Fsp3) is 0.567. The third-order valence-electron chi connectivity index (χ3n) is 8.46. The van der Waals surface area contributed by atoms with Crippen LogP contribution in [0.3, 0.4) is 0 Å². The molecule has 6 nitrogen and oxygen atoms in total. The van der Waals surface area contributed by atoms with Gasteiger partial charge in [0.25, 0.3) is 5.91 Å². The van der Waals surface area contributed by atoms with Crippen molar-refractivity contribution in [1.82, 2.24) is 14.7 Å². The molecule has 3 saturated heterocycles. The molecule has 3 aliphatic rings. The molecular formula is C30H41N3O3. The molecule has 2 aromatic rings. The molecule has 6 heteroatoms. The highest BCUT2D eigenvalue weighted by atomic mass is 16.5. The molecule has 0 aliphatic carbocycles. The van der Waals surface area contributed by atoms with Crippen LogP contribution in [0, 0.1) is 5.92 Å². The van der Waals surface area contributed by atoms with Crippen molar-refractivity contribution in [2.45, 2.75) is 43.7 Å². The van der Waals surface area contributed by atoms with E-state index in [0.29, 0.717) is 17.5 Å². The van der Waals surface area contributed by atoms with Crippen LogP contribution in [-0.2, 0) is 4.74 Å². The Morgan fingerprint density at radius 1 is 1.03 bits per heavy atom. The van der Waals surface area contributed by atoms with Gasteiger partial charge >= 0.3 is 0 Å². The fourth-order valence-corrected chi connectivity index (χ4v) is 6.46. The zero-order valence-corrected chi connectivity index (χ0v) is 21.8. The van der Waals surface area contributed by atoms with Crippen LogP contribution in [-0.4, -0.2) is 97.9 Å². The minimum absolute atomic E-state index is 0.0170. The smallest absolute Gasteiger partial charge is 0.253 e. The van der Waals surface area contributed by atoms with E-state index in [2.05, 4.69) is 40.1 Å². The van der Waals surface area contributed by atoms with Crippen molar-refractivity contribution < 1.29 is 14.6 Å². The second-order valence-electron chi connectivity index (χ2n) is 11.0. The molecule has 0 spiro atoms. The van der Waals surface area contributed by atoms with Gasteiger partial charge in [-0.05, 0) is 73.5 Å². The van der Waals surface area contributed by atoms with Crippen molar-refractivity contribution in [3.63, 3.8) is 0 Å². The Kier molecular flexibility index (Phi) is 8.06. The minimum atomic E-state index is 0.0170. The summed E-state index contributed by atoms with van der Waals surface area (Å²) in [6.07, 6.45) is 4.79. The molecule has 1 N–H and O–H groups in total. The maximum atomic E-state index is 12.4. The van der Waals surface area contributed by atoms with Gasteiger partial charge in [-0.25, -0.2) is 0 Å². The number of carbonyl (C=O) groups excluding carboxylic acids is 1. The van der Waals surface area contributed by atoms with Crippen LogP contribution >= 0.6 is 0 Å². The van der Waals surface area contributed by atoms with Gasteiger partial charge in [0, 0.05) is 64.0 Å². The van der Waals surface area contributed by atoms with Crippen molar-refractivity contribution in [3.05, 3.63) is 59.7 Å². The number of nitrogens with zero attached hydrogens (tertiary/aromatic N) is 3. The van der Waals surface area contributed by atoms with Gasteiger partial charge in [0.2, 0.25) is 0 Å². The fourth-order valence-electron chi connectivity index (χ4n) is 6.46. The first-order valence-corrected chi connectivity index (χ1v) is 13.6. The van der Waals surface area contributed by atoms with Crippen LogP contribution in [0.25, 0.3) is 11.1 Å². The van der Waals surface area contributed by atoms with E-state index >= 15 is 0 Å². The number of benzene rings is 2. The minimum Gasteiger partial charge on any atom is -0.395 e. The van der Waals surface area contributed by atoms with Gasteiger partial charge in [0.1, 0.15) is 0 Å². The first-order valence-electron chi connectivity index (χ1n) is 13.6. The quantitative estimate of drug-likeness (QED) is 0.668. The van der Waals surface area contributed by atoms with Crippen molar-refractivity contribution in [2.75, 3.05) is 60.1 Å². The number of carbonyl (C=O) groups is 1. The van der Waals surface area contributed by atoms with Gasteiger partial charge in [-0.2, -0.15) is 0 Å². The number of amides is 1. The summed E-state index contributed by atoms with van der Waals surface area (Å²) in [5, 5.41) is 10.3. The number of hydrogen-bond donors (Lipinski definition) is 1. The van der Waals surface area contributed by atoms with E-state index < -0.39 is 0 Å². The molecule has 36 heavy (non-hydrogen) atoms. The molecule has 0 bridgehead atoms. The first kappa shape index (κ1) is 25.4. The molecule has 194 valence electrons. The van der Waals surface area contributed by atoms with E-state index in [9.17, 15) is 9.90 Å². The standard InChI is InChI=1S/C30H41N3O3/c1-31(2)30(35)26-7-5-6-25(18-26)23-8-10-24(11-9-23)29-27-20-32(19-22-12-16-36-17-13-22)14-3-4-15-33(27)28(29)21-34/h5-11,18,22,27-29,34H,3-4,12-17,19-21H2,1-2H3/t27-,28-,29-/m1/s1. The van der Waals surface area contributed by atoms with Gasteiger partial charge < -0.3 is 19.6 Å². The second-order valence-corrected chi connectivity index (χ2v) is 11.0. The molecule has 3 fully saturated rings. The Hall–Kier alpha value is -2.25. The average molecular weight is 492 g/mol. The van der Waals surface area contributed by atoms with Crippen molar-refractivity contribution >= 4 is 5.91 Å². The van der Waals surface area contributed by atoms with Crippen LogP contribution in [0.4, 0.5) is 0 Å². The monoisotopic (exact) mass is 491 g/mol. The molecule has 3 heterocycles. The van der Waals surface area contributed by atoms with Crippen LogP contribution in [0.5, 0.6) is 0 Å². The third kappa shape index (κ3) is 5.37. The summed E-state index contributed by atoms with van der Waals surface area (Å²) >= 11 is 0. The van der Waals surface area contributed by atoms with Crippen LogP contribution < -0.4 is 0 Å². The molecule has 0 aromatic heterocycles. The average Bonchev–Trinajstić information content (AvgIpc) is 2.89. The topological polar surface area (TPSA) is 56.3 Å². The summed E-state index contributed by atoms with van der Waals surface area (Å²) in [6, 6.07) is 17.3. The number of rotatable bonds is 6. The summed E-state index contributed by atoms with van der Waals surface area (Å²) in [7, 11) is 3.56. The second kappa shape index (κ2) is 11.4. The molecule has 1 amide bonds. The number of hydrogen-bond acceptors (Lipinski definition) is 5. The summed E-state index contributed by atoms with van der Waals surface area (Å²) in [6.45, 7) is 6.53. The molecule has 0 saturated carbocycles. The maximum Gasteiger partial charge on any atom is 0.253 e. The lowest BCUT2D eigenvalue weighted by molar-refractivity contribution is -0.0677. The van der Waals surface area contributed by atoms with Gasteiger partial charge in [-0.3, -0.25) is 9.69 Å². The van der Waals surface area contributed by atoms with Crippen molar-refractivity contribution in [2.24, 2.45) is 5.92 Å². The highest BCUT2D eigenvalue weighted by molar-refractivity contribution is 5.95. The molecule has 5 rings (SSSR count). The van der Waals surface area contributed by atoms with E-state index in [0.717, 1.165) is 43.3 Å². The summed E-state index contributed by atoms with van der Waals surface area (Å²) in [5.41, 5.74) is 4.18. The van der Waals surface area contributed by atoms with Crippen LogP contribution in [0.15, 0.2) is 48.5 Å². The number of ether oxygens (including phenoxy) is 1. The van der Waals surface area contributed by atoms with E-state index in [1.54, 1.807) is 19.0 Å². The number of aliphatic hydroxyl groups is 1. The summed E-state index contributed by atoms with van der Waals surface area (Å²) in [4.78, 5) is 19.3.